The van der Waals surface area contributed by atoms with Crippen molar-refractivity contribution >= 4 is 54.9 Å². The number of carbonyl (C=O) groups excluding carboxylic acids is 2. The zero-order chi connectivity index (χ0) is 58.3. The smallest absolute Gasteiger partial charge is 0.332 e. The molecule has 6 aromatic heterocycles. The first-order valence-corrected chi connectivity index (χ1v) is 27.4. The van der Waals surface area contributed by atoms with E-state index in [1.54, 1.807) is 53.9 Å². The molecule has 0 saturated heterocycles. The third-order valence-corrected chi connectivity index (χ3v) is 16.4. The van der Waals surface area contributed by atoms with E-state index < -0.39 is 46.8 Å². The number of thiophene rings is 2. The highest BCUT2D eigenvalue weighted by molar-refractivity contribution is 7.21. The maximum absolute atomic E-state index is 14.1. The van der Waals surface area contributed by atoms with Gasteiger partial charge < -0.3 is 39.0 Å². The number of aromatic nitrogens is 10. The molecule has 0 aliphatic rings. The molecule has 0 aliphatic heterocycles. The molecule has 2 aromatic carbocycles. The first-order chi connectivity index (χ1) is 38.2. The van der Waals surface area contributed by atoms with Gasteiger partial charge in [0.25, 0.3) is 11.1 Å². The summed E-state index contributed by atoms with van der Waals surface area (Å²) in [4.78, 5) is 89.4. The predicted molar refractivity (Wildman–Crippen MR) is 303 cm³/mol. The summed E-state index contributed by atoms with van der Waals surface area (Å²) in [7, 11) is 6.36. The monoisotopic (exact) mass is 1140 g/mol. The second-order valence-electron chi connectivity index (χ2n) is 19.3. The van der Waals surface area contributed by atoms with Gasteiger partial charge in [-0.3, -0.25) is 28.3 Å². The van der Waals surface area contributed by atoms with Gasteiger partial charge in [0.05, 0.1) is 89.3 Å². The Morgan fingerprint density at radius 3 is 1.23 bits per heavy atom. The number of aliphatic hydroxyl groups is 2. The molecule has 0 radical (unpaired) electrons. The number of amides is 2. The van der Waals surface area contributed by atoms with Crippen LogP contribution in [-0.2, 0) is 32.2 Å². The number of nitrogens with zero attached hydrogens (tertiary/aromatic N) is 12. The fourth-order valence-corrected chi connectivity index (χ4v) is 11.6. The van der Waals surface area contributed by atoms with Crippen LogP contribution >= 0.6 is 22.7 Å². The number of methoxy groups -OCH3 is 2. The second kappa shape index (κ2) is 26.1. The first-order valence-electron chi connectivity index (χ1n) is 25.8. The number of aryl methyl sites for hydroxylation is 2. The topological polar surface area (TPSA) is 267 Å². The molecule has 0 spiro atoms. The van der Waals surface area contributed by atoms with Gasteiger partial charge in [0, 0.05) is 48.4 Å². The van der Waals surface area contributed by atoms with E-state index in [-0.39, 0.29) is 63.4 Å². The molecule has 428 valence electrons. The maximum Gasteiger partial charge on any atom is 0.332 e. The summed E-state index contributed by atoms with van der Waals surface area (Å²) < 4.78 is 28.0. The van der Waals surface area contributed by atoms with Crippen LogP contribution in [0.3, 0.4) is 0 Å². The van der Waals surface area contributed by atoms with Gasteiger partial charge in [-0.1, -0.05) is 59.1 Å². The Bertz CT molecular complexity index is 3450. The van der Waals surface area contributed by atoms with E-state index in [0.29, 0.717) is 64.2 Å². The number of benzene rings is 2. The highest BCUT2D eigenvalue weighted by atomic mass is 32.1. The first kappa shape index (κ1) is 60.0. The van der Waals surface area contributed by atoms with Crippen LogP contribution in [-0.4, -0.2) is 147 Å². The SMILES string of the molecule is COc1ccccc1[C@H](Cn1c(=O)n(C(C)C(=O)N(C)C(C)C)c(=O)c2c(C)c(-n3nccn3)sc21)OCCO.COc1ccccc1[C@H](Cn1c(=O)n([C@@H](C)C(=O)N(C)C(C)C)c(=O)c2c(C)c(-n3nccn3)sc21)OCCO. The van der Waals surface area contributed by atoms with Crippen molar-refractivity contribution in [2.24, 2.45) is 0 Å². The van der Waals surface area contributed by atoms with Crippen LogP contribution < -0.4 is 32.0 Å². The molecule has 0 aliphatic carbocycles. The molecule has 0 fully saturated rings. The standard InChI is InChI=1S/2C27H34N6O6S/c2*1-16(2)30(5)23(35)18(4)32-24(36)22-17(3)25(33-28-11-12-29-33)40-26(22)31(27(32)37)15-21(39-14-13-34)19-9-7-8-10-20(19)38-6/h2*7-12,16,18,21,34H,13-15H2,1-6H3/t18?,21-;18-,21-/m00/s1. The zero-order valence-electron chi connectivity index (χ0n) is 46.8. The van der Waals surface area contributed by atoms with E-state index in [1.807, 2.05) is 64.1 Å². The van der Waals surface area contributed by atoms with Crippen LogP contribution in [0.5, 0.6) is 11.5 Å². The van der Waals surface area contributed by atoms with E-state index >= 15 is 0 Å². The minimum absolute atomic E-state index is 0.0111. The van der Waals surface area contributed by atoms with Crippen molar-refractivity contribution in [3.8, 4) is 21.5 Å². The average molecular weight is 1140 g/mol. The van der Waals surface area contributed by atoms with Gasteiger partial charge in [-0.05, 0) is 67.5 Å². The molecule has 4 atom stereocenters. The second-order valence-corrected chi connectivity index (χ2v) is 21.2. The molecule has 6 heterocycles. The Balaban J connectivity index is 0.000000231. The lowest BCUT2D eigenvalue weighted by Crippen LogP contribution is -2.47. The number of likely N-dealkylation sites (N-methyl/N-ethyl adjacent to an activating group) is 2. The van der Waals surface area contributed by atoms with E-state index in [2.05, 4.69) is 20.4 Å². The van der Waals surface area contributed by atoms with E-state index in [1.165, 1.54) is 90.2 Å². The van der Waals surface area contributed by atoms with Crippen LogP contribution in [0, 0.1) is 13.8 Å². The summed E-state index contributed by atoms with van der Waals surface area (Å²) in [6.07, 6.45) is 4.67. The molecule has 2 N–H and O–H groups in total. The van der Waals surface area contributed by atoms with Crippen molar-refractivity contribution in [1.82, 2.24) is 58.1 Å². The average Bonchev–Trinajstić information content (AvgIpc) is 4.49. The molecule has 0 bridgehead atoms. The molecule has 1 unspecified atom stereocenters. The molecule has 80 heavy (non-hydrogen) atoms. The number of para-hydroxylation sites is 2. The van der Waals surface area contributed by atoms with E-state index in [9.17, 15) is 39.0 Å². The molecule has 24 nitrogen and oxygen atoms in total. The van der Waals surface area contributed by atoms with Gasteiger partial charge in [-0.2, -0.15) is 20.4 Å². The third-order valence-electron chi connectivity index (χ3n) is 13.9. The highest BCUT2D eigenvalue weighted by Gasteiger charge is 2.33. The maximum atomic E-state index is 14.1. The van der Waals surface area contributed by atoms with Crippen LogP contribution in [0.2, 0.25) is 0 Å². The molecule has 8 rings (SSSR count). The Morgan fingerprint density at radius 2 is 0.912 bits per heavy atom. The molecular formula is C54H68N12O12S2. The number of hydrogen-bond acceptors (Lipinski definition) is 18. The van der Waals surface area contributed by atoms with Gasteiger partial charge in [0.15, 0.2) is 0 Å². The lowest BCUT2D eigenvalue weighted by Gasteiger charge is -2.27. The van der Waals surface area contributed by atoms with Gasteiger partial charge in [-0.15, -0.1) is 9.59 Å². The fraction of sp³-hybridized carbons (Fsp3) is 0.444. The van der Waals surface area contributed by atoms with Crippen molar-refractivity contribution in [2.75, 3.05) is 54.7 Å². The molecular weight excluding hydrogens is 1070 g/mol. The van der Waals surface area contributed by atoms with Crippen molar-refractivity contribution < 1.29 is 38.7 Å². The summed E-state index contributed by atoms with van der Waals surface area (Å²) >= 11 is 2.41. The number of ether oxygens (including phenoxy) is 4. The summed E-state index contributed by atoms with van der Waals surface area (Å²) in [6, 6.07) is 12.1. The Morgan fingerprint density at radius 1 is 0.575 bits per heavy atom. The zero-order valence-corrected chi connectivity index (χ0v) is 48.4. The van der Waals surface area contributed by atoms with Gasteiger partial charge in [0.2, 0.25) is 11.8 Å². The van der Waals surface area contributed by atoms with E-state index in [4.69, 9.17) is 18.9 Å². The lowest BCUT2D eigenvalue weighted by atomic mass is 10.1. The van der Waals surface area contributed by atoms with Gasteiger partial charge >= 0.3 is 11.4 Å². The quantitative estimate of drug-likeness (QED) is 0.0939. The summed E-state index contributed by atoms with van der Waals surface area (Å²) in [5, 5.41) is 37.6. The van der Waals surface area contributed by atoms with Crippen LogP contribution in [0.4, 0.5) is 0 Å². The normalized spacial score (nSPS) is 13.1. The van der Waals surface area contributed by atoms with Crippen LogP contribution in [0.25, 0.3) is 30.4 Å². The summed E-state index contributed by atoms with van der Waals surface area (Å²) in [5.74, 6) is 0.377. The largest absolute Gasteiger partial charge is 0.496 e. The summed E-state index contributed by atoms with van der Waals surface area (Å²) in [5.41, 5.74) is 0.0900. The Hall–Kier alpha value is -7.62. The van der Waals surface area contributed by atoms with Gasteiger partial charge in [-0.25, -0.2) is 18.7 Å². The minimum atomic E-state index is -1.06. The van der Waals surface area contributed by atoms with Crippen molar-refractivity contribution in [2.45, 2.75) is 105 Å². The molecule has 8 aromatic rings. The summed E-state index contributed by atoms with van der Waals surface area (Å²) in [6.45, 7) is 13.6. The number of carbonyl (C=O) groups is 2. The Labute approximate surface area is 468 Å². The van der Waals surface area contributed by atoms with Crippen molar-refractivity contribution in [3.05, 3.63) is 137 Å². The molecule has 2 amide bonds. The van der Waals surface area contributed by atoms with Gasteiger partial charge in [0.1, 0.15) is 55.5 Å². The third kappa shape index (κ3) is 11.9. The van der Waals surface area contributed by atoms with Crippen LogP contribution in [0.1, 0.15) is 88.1 Å². The number of rotatable bonds is 22. The molecule has 0 saturated carbocycles. The molecule has 26 heteroatoms. The van der Waals surface area contributed by atoms with Crippen molar-refractivity contribution in [1.29, 1.82) is 0 Å². The van der Waals surface area contributed by atoms with Crippen LogP contribution in [0.15, 0.2) is 92.5 Å². The fourth-order valence-electron chi connectivity index (χ4n) is 9.12. The minimum Gasteiger partial charge on any atom is -0.496 e. The number of aliphatic hydroxyl groups excluding tert-OH is 2. The van der Waals surface area contributed by atoms with E-state index in [0.717, 1.165) is 9.13 Å². The number of hydrogen-bond donors (Lipinski definition) is 2. The Kier molecular flexibility index (Phi) is 19.6. The number of fused-ring (bicyclic) bond motifs is 2. The lowest BCUT2D eigenvalue weighted by molar-refractivity contribution is -0.135. The van der Waals surface area contributed by atoms with Crippen molar-refractivity contribution in [3.63, 3.8) is 0 Å². The highest BCUT2D eigenvalue weighted by Crippen LogP contribution is 2.36. The predicted octanol–water partition coefficient (Wildman–Crippen LogP) is 4.60.